The molecule has 2 rings (SSSR count). The quantitative estimate of drug-likeness (QED) is 0.857. The second kappa shape index (κ2) is 5.57. The molecule has 1 heterocycles. The second-order valence-corrected chi connectivity index (χ2v) is 5.16. The van der Waals surface area contributed by atoms with Gasteiger partial charge in [-0.3, -0.25) is 4.79 Å². The molecule has 2 unspecified atom stereocenters. The highest BCUT2D eigenvalue weighted by Gasteiger charge is 2.26. The molecule has 0 aliphatic carbocycles. The van der Waals surface area contributed by atoms with Gasteiger partial charge in [-0.2, -0.15) is 0 Å². The van der Waals surface area contributed by atoms with Crippen LogP contribution in [-0.2, 0) is 0 Å². The Morgan fingerprint density at radius 2 is 2.26 bits per heavy atom. The molecule has 5 heteroatoms. The molecule has 2 N–H and O–H groups in total. The van der Waals surface area contributed by atoms with Gasteiger partial charge in [0.25, 0.3) is 5.91 Å². The van der Waals surface area contributed by atoms with Crippen LogP contribution < -0.4 is 5.32 Å². The number of piperidine rings is 1. The lowest BCUT2D eigenvalue weighted by Gasteiger charge is -2.35. The summed E-state index contributed by atoms with van der Waals surface area (Å²) in [7, 11) is 2.05. The van der Waals surface area contributed by atoms with Gasteiger partial charge in [-0.15, -0.1) is 0 Å². The normalized spacial score (nSPS) is 24.2. The Labute approximate surface area is 112 Å². The molecule has 1 amide bonds. The van der Waals surface area contributed by atoms with E-state index in [1.807, 2.05) is 7.05 Å². The lowest BCUT2D eigenvalue weighted by molar-refractivity contribution is 0.0889. The SMILES string of the molecule is CC1CC(NC(=O)c2c(O)cccc2F)CCN1C. The first-order valence-electron chi connectivity index (χ1n) is 6.47. The highest BCUT2D eigenvalue weighted by molar-refractivity contribution is 5.97. The number of nitrogens with one attached hydrogen (secondary N) is 1. The summed E-state index contributed by atoms with van der Waals surface area (Å²) in [5.41, 5.74) is -0.269. The first-order chi connectivity index (χ1) is 8.99. The van der Waals surface area contributed by atoms with Crippen molar-refractivity contribution in [2.24, 2.45) is 0 Å². The Morgan fingerprint density at radius 3 is 2.89 bits per heavy atom. The minimum absolute atomic E-state index is 0.0257. The summed E-state index contributed by atoms with van der Waals surface area (Å²) in [5.74, 6) is -1.56. The van der Waals surface area contributed by atoms with Crippen molar-refractivity contribution < 1.29 is 14.3 Å². The van der Waals surface area contributed by atoms with Crippen LogP contribution in [0.1, 0.15) is 30.1 Å². The largest absolute Gasteiger partial charge is 0.507 e. The molecule has 1 fully saturated rings. The maximum atomic E-state index is 13.6. The third kappa shape index (κ3) is 3.04. The van der Waals surface area contributed by atoms with Gasteiger partial charge < -0.3 is 15.3 Å². The predicted molar refractivity (Wildman–Crippen MR) is 70.6 cm³/mol. The molecule has 4 nitrogen and oxygen atoms in total. The fraction of sp³-hybridized carbons (Fsp3) is 0.500. The van der Waals surface area contributed by atoms with Gasteiger partial charge in [-0.25, -0.2) is 4.39 Å². The molecule has 1 aromatic rings. The average molecular weight is 266 g/mol. The second-order valence-electron chi connectivity index (χ2n) is 5.16. The van der Waals surface area contributed by atoms with Crippen LogP contribution in [0, 0.1) is 5.82 Å². The molecule has 1 aliphatic rings. The van der Waals surface area contributed by atoms with Gasteiger partial charge in [-0.1, -0.05) is 6.07 Å². The minimum atomic E-state index is -0.696. The van der Waals surface area contributed by atoms with E-state index in [0.29, 0.717) is 6.04 Å². The Hall–Kier alpha value is -1.62. The van der Waals surface area contributed by atoms with Crippen LogP contribution in [0.25, 0.3) is 0 Å². The fourth-order valence-corrected chi connectivity index (χ4v) is 2.42. The first-order valence-corrected chi connectivity index (χ1v) is 6.47. The van der Waals surface area contributed by atoms with Crippen molar-refractivity contribution in [3.8, 4) is 5.75 Å². The van der Waals surface area contributed by atoms with Crippen molar-refractivity contribution in [1.82, 2.24) is 10.2 Å². The molecule has 0 radical (unpaired) electrons. The third-order valence-corrected chi connectivity index (χ3v) is 3.76. The van der Waals surface area contributed by atoms with Crippen LogP contribution >= 0.6 is 0 Å². The van der Waals surface area contributed by atoms with Crippen LogP contribution in [0.5, 0.6) is 5.75 Å². The Balaban J connectivity index is 2.06. The van der Waals surface area contributed by atoms with Crippen molar-refractivity contribution in [2.75, 3.05) is 13.6 Å². The summed E-state index contributed by atoms with van der Waals surface area (Å²) in [6, 6.07) is 4.27. The summed E-state index contributed by atoms with van der Waals surface area (Å²) in [6.07, 6.45) is 1.67. The van der Waals surface area contributed by atoms with E-state index in [1.165, 1.54) is 18.2 Å². The van der Waals surface area contributed by atoms with Crippen molar-refractivity contribution >= 4 is 5.91 Å². The van der Waals surface area contributed by atoms with E-state index in [1.54, 1.807) is 0 Å². The van der Waals surface area contributed by atoms with Gasteiger partial charge in [0, 0.05) is 18.6 Å². The van der Waals surface area contributed by atoms with Gasteiger partial charge >= 0.3 is 0 Å². The van der Waals surface area contributed by atoms with Gasteiger partial charge in [0.1, 0.15) is 17.1 Å². The van der Waals surface area contributed by atoms with E-state index >= 15 is 0 Å². The Morgan fingerprint density at radius 1 is 1.53 bits per heavy atom. The van der Waals surface area contributed by atoms with Crippen molar-refractivity contribution in [3.63, 3.8) is 0 Å². The van der Waals surface area contributed by atoms with E-state index < -0.39 is 11.7 Å². The standard InChI is InChI=1S/C14H19FN2O2/c1-9-8-10(6-7-17(9)2)16-14(19)13-11(15)4-3-5-12(13)18/h3-5,9-10,18H,6-8H2,1-2H3,(H,16,19). The topological polar surface area (TPSA) is 52.6 Å². The number of hydrogen-bond acceptors (Lipinski definition) is 3. The van der Waals surface area contributed by atoms with Gasteiger partial charge in [0.2, 0.25) is 0 Å². The summed E-state index contributed by atoms with van der Waals surface area (Å²) >= 11 is 0. The van der Waals surface area contributed by atoms with Crippen molar-refractivity contribution in [1.29, 1.82) is 0 Å². The number of likely N-dealkylation sites (tertiary alicyclic amines) is 1. The van der Waals surface area contributed by atoms with Crippen LogP contribution in [0.4, 0.5) is 4.39 Å². The van der Waals surface area contributed by atoms with E-state index in [9.17, 15) is 14.3 Å². The van der Waals surface area contributed by atoms with E-state index in [-0.39, 0.29) is 17.4 Å². The lowest BCUT2D eigenvalue weighted by Crippen LogP contribution is -2.47. The highest BCUT2D eigenvalue weighted by atomic mass is 19.1. The lowest BCUT2D eigenvalue weighted by atomic mass is 9.98. The number of hydrogen-bond donors (Lipinski definition) is 2. The number of carbonyl (C=O) groups is 1. The number of halogens is 1. The van der Waals surface area contributed by atoms with Crippen LogP contribution in [-0.4, -0.2) is 41.6 Å². The number of phenolic OH excluding ortho intramolecular Hbond substituents is 1. The van der Waals surface area contributed by atoms with Crippen molar-refractivity contribution in [2.45, 2.75) is 31.8 Å². The number of carbonyl (C=O) groups excluding carboxylic acids is 1. The molecule has 0 aromatic heterocycles. The molecule has 2 atom stereocenters. The molecule has 0 spiro atoms. The van der Waals surface area contributed by atoms with Gasteiger partial charge in [0.05, 0.1) is 0 Å². The monoisotopic (exact) mass is 266 g/mol. The van der Waals surface area contributed by atoms with Crippen LogP contribution in [0.15, 0.2) is 18.2 Å². The van der Waals surface area contributed by atoms with Crippen LogP contribution in [0.3, 0.4) is 0 Å². The Kier molecular flexibility index (Phi) is 4.04. The first kappa shape index (κ1) is 13.8. The number of nitrogens with zero attached hydrogens (tertiary/aromatic N) is 1. The smallest absolute Gasteiger partial charge is 0.258 e. The van der Waals surface area contributed by atoms with E-state index in [0.717, 1.165) is 19.4 Å². The highest BCUT2D eigenvalue weighted by Crippen LogP contribution is 2.21. The summed E-state index contributed by atoms with van der Waals surface area (Å²) in [4.78, 5) is 14.2. The van der Waals surface area contributed by atoms with E-state index in [2.05, 4.69) is 17.1 Å². The number of amides is 1. The molecule has 0 bridgehead atoms. The van der Waals surface area contributed by atoms with Crippen LogP contribution in [0.2, 0.25) is 0 Å². The van der Waals surface area contributed by atoms with Gasteiger partial charge in [-0.05, 0) is 38.9 Å². The predicted octanol–water partition coefficient (Wildman–Crippen LogP) is 1.74. The molecule has 19 heavy (non-hydrogen) atoms. The third-order valence-electron chi connectivity index (χ3n) is 3.76. The summed E-state index contributed by atoms with van der Waals surface area (Å²) < 4.78 is 13.6. The van der Waals surface area contributed by atoms with E-state index in [4.69, 9.17) is 0 Å². The molecule has 0 saturated carbocycles. The number of rotatable bonds is 2. The minimum Gasteiger partial charge on any atom is -0.507 e. The maximum absolute atomic E-state index is 13.6. The molecule has 1 saturated heterocycles. The number of phenols is 1. The summed E-state index contributed by atoms with van der Waals surface area (Å²) in [5, 5.41) is 12.4. The average Bonchev–Trinajstić information content (AvgIpc) is 2.33. The molecule has 1 aliphatic heterocycles. The number of benzene rings is 1. The molecule has 1 aromatic carbocycles. The zero-order valence-corrected chi connectivity index (χ0v) is 11.2. The molecular formula is C14H19FN2O2. The zero-order valence-electron chi connectivity index (χ0n) is 11.2. The van der Waals surface area contributed by atoms with Gasteiger partial charge in [0.15, 0.2) is 0 Å². The summed E-state index contributed by atoms with van der Waals surface area (Å²) in [6.45, 7) is 2.99. The molecular weight excluding hydrogens is 247 g/mol. The van der Waals surface area contributed by atoms with Crippen molar-refractivity contribution in [3.05, 3.63) is 29.6 Å². The Bertz CT molecular complexity index is 458. The molecule has 104 valence electrons. The maximum Gasteiger partial charge on any atom is 0.258 e. The fourth-order valence-electron chi connectivity index (χ4n) is 2.42. The number of aromatic hydroxyl groups is 1. The zero-order chi connectivity index (χ0) is 14.0.